The van der Waals surface area contributed by atoms with Gasteiger partial charge in [-0.25, -0.2) is 0 Å². The Kier molecular flexibility index (Phi) is 7.58. The van der Waals surface area contributed by atoms with Crippen molar-refractivity contribution in [1.82, 2.24) is 0 Å². The third-order valence-corrected chi connectivity index (χ3v) is 15.3. The number of hydrogen-bond acceptors (Lipinski definition) is 0. The van der Waals surface area contributed by atoms with Gasteiger partial charge in [-0.1, -0.05) is 109 Å². The molecule has 4 unspecified atom stereocenters. The lowest BCUT2D eigenvalue weighted by Gasteiger charge is -2.80. The summed E-state index contributed by atoms with van der Waals surface area (Å²) >= 11 is 0. The number of rotatable bonds is 14. The lowest BCUT2D eigenvalue weighted by atomic mass is 9.25. The van der Waals surface area contributed by atoms with Gasteiger partial charge in [-0.15, -0.1) is 0 Å². The molecule has 0 heteroatoms. The van der Waals surface area contributed by atoms with Gasteiger partial charge in [0.25, 0.3) is 0 Å². The van der Waals surface area contributed by atoms with E-state index in [2.05, 4.69) is 58.0 Å². The van der Waals surface area contributed by atoms with Gasteiger partial charge in [0.2, 0.25) is 0 Å². The summed E-state index contributed by atoms with van der Waals surface area (Å²) in [6, 6.07) is 12.2. The van der Waals surface area contributed by atoms with Crippen LogP contribution in [0.25, 0.3) is 0 Å². The molecule has 8 aliphatic rings. The molecule has 0 nitrogen and oxygen atoms in total. The largest absolute Gasteiger partial charge is 0.0654 e. The first kappa shape index (κ1) is 29.9. The van der Waals surface area contributed by atoms with Crippen LogP contribution in [0, 0.1) is 38.4 Å². The van der Waals surface area contributed by atoms with Crippen LogP contribution in [-0.4, -0.2) is 0 Å². The summed E-state index contributed by atoms with van der Waals surface area (Å²) in [7, 11) is 0. The molecule has 0 spiro atoms. The first-order chi connectivity index (χ1) is 20.2. The number of benzene rings is 1. The zero-order chi connectivity index (χ0) is 29.2. The Bertz CT molecular complexity index is 1050. The summed E-state index contributed by atoms with van der Waals surface area (Å²) in [5.74, 6) is 1.04. The van der Waals surface area contributed by atoms with E-state index in [1.165, 1.54) is 77.0 Å². The van der Waals surface area contributed by atoms with E-state index in [4.69, 9.17) is 0 Å². The first-order valence-electron chi connectivity index (χ1n) is 19.3. The maximum Gasteiger partial charge on any atom is -0.00309 e. The van der Waals surface area contributed by atoms with Crippen LogP contribution in [0.2, 0.25) is 0 Å². The molecule has 0 N–H and O–H groups in total. The topological polar surface area (TPSA) is 0 Å². The van der Waals surface area contributed by atoms with Gasteiger partial charge in [-0.3, -0.25) is 0 Å². The van der Waals surface area contributed by atoms with Gasteiger partial charge in [0.1, 0.15) is 0 Å². The minimum atomic E-state index is 0.438. The van der Waals surface area contributed by atoms with Crippen LogP contribution < -0.4 is 0 Å². The highest BCUT2D eigenvalue weighted by atomic mass is 14.8. The standard InChI is InChI=1S/C42H66/c1-5-9-18-36-22-34-23-37(25-36,19-10-6-2)30-41(24-34,29-36)42-31-38(20-11-7-3)26-39(32-42,21-12-8-4)28-40(27-38,33-42)35-16-14-13-15-17-35/h13-17,34H,5-12,18-33H2,1-4H3. The van der Waals surface area contributed by atoms with E-state index in [-0.39, 0.29) is 0 Å². The molecule has 0 radical (unpaired) electrons. The fraction of sp³-hybridized carbons (Fsp3) is 0.857. The molecule has 8 bridgehead atoms. The van der Waals surface area contributed by atoms with Crippen molar-refractivity contribution in [3.8, 4) is 0 Å². The minimum absolute atomic E-state index is 0.438. The molecular weight excluding hydrogens is 504 g/mol. The van der Waals surface area contributed by atoms with E-state index >= 15 is 0 Å². The maximum absolute atomic E-state index is 2.59. The van der Waals surface area contributed by atoms with Crippen molar-refractivity contribution in [2.24, 2.45) is 38.4 Å². The Morgan fingerprint density at radius 3 is 1.43 bits per heavy atom. The molecule has 1 aromatic rings. The molecule has 8 saturated carbocycles. The van der Waals surface area contributed by atoms with Crippen molar-refractivity contribution in [2.45, 2.75) is 187 Å². The normalized spacial score (nSPS) is 46.5. The molecule has 8 fully saturated rings. The van der Waals surface area contributed by atoms with Crippen LogP contribution in [0.5, 0.6) is 0 Å². The van der Waals surface area contributed by atoms with Gasteiger partial charge < -0.3 is 0 Å². The van der Waals surface area contributed by atoms with Gasteiger partial charge in [-0.05, 0) is 152 Å². The van der Waals surface area contributed by atoms with Gasteiger partial charge in [0.15, 0.2) is 0 Å². The molecule has 4 atom stereocenters. The lowest BCUT2D eigenvalue weighted by Crippen LogP contribution is -2.70. The zero-order valence-electron chi connectivity index (χ0n) is 28.4. The van der Waals surface area contributed by atoms with E-state index in [9.17, 15) is 0 Å². The Hall–Kier alpha value is -0.780. The van der Waals surface area contributed by atoms with Gasteiger partial charge >= 0.3 is 0 Å². The van der Waals surface area contributed by atoms with Crippen molar-refractivity contribution < 1.29 is 0 Å². The van der Waals surface area contributed by atoms with E-state index in [0.29, 0.717) is 37.9 Å². The lowest BCUT2D eigenvalue weighted by molar-refractivity contribution is -0.283. The van der Waals surface area contributed by atoms with Crippen molar-refractivity contribution in [1.29, 1.82) is 0 Å². The second-order valence-electron chi connectivity index (χ2n) is 18.7. The Morgan fingerprint density at radius 2 is 0.929 bits per heavy atom. The Balaban J connectivity index is 1.38. The van der Waals surface area contributed by atoms with E-state index in [1.54, 1.807) is 82.6 Å². The van der Waals surface area contributed by atoms with E-state index in [1.807, 2.05) is 0 Å². The van der Waals surface area contributed by atoms with E-state index < -0.39 is 0 Å². The molecule has 0 aromatic heterocycles. The average Bonchev–Trinajstić information content (AvgIpc) is 2.96. The van der Waals surface area contributed by atoms with Crippen molar-refractivity contribution >= 4 is 0 Å². The van der Waals surface area contributed by atoms with Crippen LogP contribution in [0.4, 0.5) is 0 Å². The fourth-order valence-corrected chi connectivity index (χ4v) is 15.5. The summed E-state index contributed by atoms with van der Waals surface area (Å²) in [5, 5.41) is 0. The van der Waals surface area contributed by atoms with Crippen LogP contribution in [-0.2, 0) is 5.41 Å². The van der Waals surface area contributed by atoms with Crippen LogP contribution in [0.15, 0.2) is 30.3 Å². The van der Waals surface area contributed by atoms with Crippen LogP contribution in [0.3, 0.4) is 0 Å². The van der Waals surface area contributed by atoms with Crippen LogP contribution >= 0.6 is 0 Å². The molecule has 1 aromatic carbocycles. The molecule has 9 rings (SSSR count). The van der Waals surface area contributed by atoms with Gasteiger partial charge in [0.05, 0.1) is 0 Å². The van der Waals surface area contributed by atoms with Crippen LogP contribution in [0.1, 0.15) is 187 Å². The third-order valence-electron chi connectivity index (χ3n) is 15.3. The summed E-state index contributed by atoms with van der Waals surface area (Å²) in [4.78, 5) is 0. The predicted molar refractivity (Wildman–Crippen MR) is 180 cm³/mol. The second kappa shape index (κ2) is 10.6. The zero-order valence-corrected chi connectivity index (χ0v) is 28.4. The van der Waals surface area contributed by atoms with Crippen molar-refractivity contribution in [2.75, 3.05) is 0 Å². The Morgan fingerprint density at radius 1 is 0.476 bits per heavy atom. The van der Waals surface area contributed by atoms with Crippen molar-refractivity contribution in [3.05, 3.63) is 35.9 Å². The monoisotopic (exact) mass is 571 g/mol. The fourth-order valence-electron chi connectivity index (χ4n) is 15.5. The molecule has 8 aliphatic carbocycles. The highest BCUT2D eigenvalue weighted by Gasteiger charge is 2.76. The van der Waals surface area contributed by atoms with Gasteiger partial charge in [0, 0.05) is 0 Å². The summed E-state index contributed by atoms with van der Waals surface area (Å²) in [6.07, 6.45) is 36.6. The number of unbranched alkanes of at least 4 members (excludes halogenated alkanes) is 4. The highest BCUT2D eigenvalue weighted by Crippen LogP contribution is 2.85. The summed E-state index contributed by atoms with van der Waals surface area (Å²) in [6.45, 7) is 9.84. The summed E-state index contributed by atoms with van der Waals surface area (Å²) in [5.41, 5.74) is 5.97. The van der Waals surface area contributed by atoms with E-state index in [0.717, 1.165) is 5.92 Å². The summed E-state index contributed by atoms with van der Waals surface area (Å²) < 4.78 is 0. The SMILES string of the molecule is CCCCC12CC3CC(CCCC)(C1)CC(C14CC5(CCCC)CC(CCCC)(CC(c6ccccc6)(C5)C1)C4)(C3)C2. The molecule has 0 heterocycles. The van der Waals surface area contributed by atoms with Crippen molar-refractivity contribution in [3.63, 3.8) is 0 Å². The molecular formula is C42H66. The average molecular weight is 571 g/mol. The quantitative estimate of drug-likeness (QED) is 0.209. The second-order valence-corrected chi connectivity index (χ2v) is 18.7. The molecule has 0 saturated heterocycles. The molecule has 42 heavy (non-hydrogen) atoms. The maximum atomic E-state index is 2.59. The smallest absolute Gasteiger partial charge is 0.00309 e. The minimum Gasteiger partial charge on any atom is -0.0654 e. The number of hydrogen-bond donors (Lipinski definition) is 0. The Labute approximate surface area is 261 Å². The molecule has 234 valence electrons. The van der Waals surface area contributed by atoms with Gasteiger partial charge in [-0.2, -0.15) is 0 Å². The predicted octanol–water partition coefficient (Wildman–Crippen LogP) is 13.0. The first-order valence-corrected chi connectivity index (χ1v) is 19.3. The third kappa shape index (κ3) is 4.63. The highest BCUT2D eigenvalue weighted by molar-refractivity contribution is 5.35. The molecule has 0 amide bonds. The molecule has 0 aliphatic heterocycles.